The first-order valence-corrected chi connectivity index (χ1v) is 12.2. The van der Waals surface area contributed by atoms with Gasteiger partial charge in [-0.1, -0.05) is 13.0 Å². The van der Waals surface area contributed by atoms with Gasteiger partial charge in [0, 0.05) is 37.1 Å². The summed E-state index contributed by atoms with van der Waals surface area (Å²) >= 11 is 0. The van der Waals surface area contributed by atoms with Gasteiger partial charge in [0.05, 0.1) is 0 Å². The second-order valence-corrected chi connectivity index (χ2v) is 11.6. The number of likely N-dealkylation sites (tertiary alicyclic amines) is 2. The van der Waals surface area contributed by atoms with Crippen LogP contribution in [0.25, 0.3) is 0 Å². The lowest BCUT2D eigenvalue weighted by Gasteiger charge is -2.58. The number of ether oxygens (including phenoxy) is 1. The van der Waals surface area contributed by atoms with Gasteiger partial charge in [0.2, 0.25) is 0 Å². The molecule has 4 rings (SSSR count). The second-order valence-electron chi connectivity index (χ2n) is 11.6. The lowest BCUT2D eigenvalue weighted by molar-refractivity contribution is -0.0104. The molecular formula is C26H41N3O3. The number of aromatic hydroxyl groups is 1. The van der Waals surface area contributed by atoms with Crippen molar-refractivity contribution in [1.82, 2.24) is 14.7 Å². The van der Waals surface area contributed by atoms with E-state index in [9.17, 15) is 9.90 Å². The SMILES string of the molecule is CN1CC[C@@]2(C)c3cc(O)ccc3C[C@@H]1[C@@H]2N(C)CC1CCN(C(=O)OC(C)(C)C)CC1. The fourth-order valence-corrected chi connectivity index (χ4v) is 6.37. The van der Waals surface area contributed by atoms with E-state index in [-0.39, 0.29) is 11.5 Å². The normalized spacial score (nSPS) is 29.2. The summed E-state index contributed by atoms with van der Waals surface area (Å²) in [5.41, 5.74) is 2.31. The highest BCUT2D eigenvalue weighted by Gasteiger charge is 2.51. The number of phenolic OH excluding ortho intramolecular Hbond substituents is 1. The van der Waals surface area contributed by atoms with Gasteiger partial charge in [0.15, 0.2) is 0 Å². The number of amides is 1. The van der Waals surface area contributed by atoms with Crippen LogP contribution in [0.3, 0.4) is 0 Å². The average molecular weight is 444 g/mol. The molecule has 0 saturated carbocycles. The van der Waals surface area contributed by atoms with Crippen LogP contribution in [0, 0.1) is 5.92 Å². The van der Waals surface area contributed by atoms with Gasteiger partial charge in [-0.25, -0.2) is 4.79 Å². The van der Waals surface area contributed by atoms with Crippen molar-refractivity contribution in [2.45, 2.75) is 76.5 Å². The first kappa shape index (κ1) is 23.4. The van der Waals surface area contributed by atoms with E-state index in [1.807, 2.05) is 37.8 Å². The number of piperidine rings is 2. The molecule has 0 radical (unpaired) electrons. The minimum atomic E-state index is -0.445. The van der Waals surface area contributed by atoms with Crippen molar-refractivity contribution < 1.29 is 14.6 Å². The lowest BCUT2D eigenvalue weighted by atomic mass is 9.61. The zero-order chi connectivity index (χ0) is 23.3. The predicted octanol–water partition coefficient (Wildman–Crippen LogP) is 3.86. The van der Waals surface area contributed by atoms with Gasteiger partial charge in [-0.2, -0.15) is 0 Å². The van der Waals surface area contributed by atoms with Crippen LogP contribution in [0.4, 0.5) is 4.79 Å². The van der Waals surface area contributed by atoms with Crippen LogP contribution in [0.1, 0.15) is 58.1 Å². The summed E-state index contributed by atoms with van der Waals surface area (Å²) in [5, 5.41) is 10.2. The van der Waals surface area contributed by atoms with Gasteiger partial charge in [0.1, 0.15) is 11.4 Å². The molecule has 0 aromatic heterocycles. The fraction of sp³-hybridized carbons (Fsp3) is 0.731. The summed E-state index contributed by atoms with van der Waals surface area (Å²) in [6.45, 7) is 11.8. The average Bonchev–Trinajstić information content (AvgIpc) is 2.71. The molecule has 1 aromatic rings. The molecule has 0 spiro atoms. The molecule has 6 nitrogen and oxygen atoms in total. The van der Waals surface area contributed by atoms with Crippen LogP contribution in [0.2, 0.25) is 0 Å². The highest BCUT2D eigenvalue weighted by molar-refractivity contribution is 5.68. The number of benzene rings is 1. The number of rotatable bonds is 3. The van der Waals surface area contributed by atoms with Gasteiger partial charge in [-0.05, 0) is 96.3 Å². The maximum atomic E-state index is 12.4. The molecule has 2 saturated heterocycles. The van der Waals surface area contributed by atoms with Gasteiger partial charge in [-0.3, -0.25) is 0 Å². The molecule has 1 aliphatic carbocycles. The number of hydrogen-bond donors (Lipinski definition) is 1. The Morgan fingerprint density at radius 1 is 1.25 bits per heavy atom. The second kappa shape index (κ2) is 8.53. The van der Waals surface area contributed by atoms with E-state index in [2.05, 4.69) is 36.9 Å². The summed E-state index contributed by atoms with van der Waals surface area (Å²) in [6, 6.07) is 6.87. The van der Waals surface area contributed by atoms with Crippen molar-refractivity contribution in [1.29, 1.82) is 0 Å². The third-order valence-corrected chi connectivity index (χ3v) is 7.99. The Bertz CT molecular complexity index is 843. The Morgan fingerprint density at radius 2 is 1.94 bits per heavy atom. The maximum absolute atomic E-state index is 12.4. The molecule has 32 heavy (non-hydrogen) atoms. The molecule has 3 aliphatic rings. The third kappa shape index (κ3) is 4.49. The molecule has 0 unspecified atom stereocenters. The monoisotopic (exact) mass is 443 g/mol. The molecular weight excluding hydrogens is 402 g/mol. The Kier molecular flexibility index (Phi) is 6.23. The molecule has 1 amide bonds. The molecule has 178 valence electrons. The fourth-order valence-electron chi connectivity index (χ4n) is 6.37. The van der Waals surface area contributed by atoms with E-state index in [0.29, 0.717) is 23.8 Å². The Hall–Kier alpha value is -1.79. The molecule has 2 fully saturated rings. The molecule has 1 aromatic carbocycles. The van der Waals surface area contributed by atoms with Crippen LogP contribution < -0.4 is 0 Å². The number of hydrogen-bond acceptors (Lipinski definition) is 5. The Morgan fingerprint density at radius 3 is 2.59 bits per heavy atom. The molecule has 2 bridgehead atoms. The van der Waals surface area contributed by atoms with Crippen LogP contribution >= 0.6 is 0 Å². The largest absolute Gasteiger partial charge is 0.508 e. The van der Waals surface area contributed by atoms with E-state index in [4.69, 9.17) is 4.74 Å². The van der Waals surface area contributed by atoms with E-state index in [1.54, 1.807) is 0 Å². The van der Waals surface area contributed by atoms with Crippen molar-refractivity contribution in [2.75, 3.05) is 40.3 Å². The van der Waals surface area contributed by atoms with E-state index < -0.39 is 5.60 Å². The van der Waals surface area contributed by atoms with Crippen LogP contribution in [0.5, 0.6) is 5.75 Å². The zero-order valence-electron chi connectivity index (χ0n) is 20.7. The minimum absolute atomic E-state index is 0.0372. The first-order chi connectivity index (χ1) is 15.0. The van der Waals surface area contributed by atoms with Gasteiger partial charge in [0.25, 0.3) is 0 Å². The van der Waals surface area contributed by atoms with Crippen molar-refractivity contribution in [3.05, 3.63) is 29.3 Å². The quantitative estimate of drug-likeness (QED) is 0.769. The van der Waals surface area contributed by atoms with Crippen LogP contribution in [-0.4, -0.2) is 83.9 Å². The molecule has 6 heteroatoms. The van der Waals surface area contributed by atoms with Crippen molar-refractivity contribution >= 4 is 6.09 Å². The van der Waals surface area contributed by atoms with Gasteiger partial charge >= 0.3 is 6.09 Å². The Labute approximate surface area is 193 Å². The summed E-state index contributed by atoms with van der Waals surface area (Å²) < 4.78 is 5.56. The number of phenols is 1. The summed E-state index contributed by atoms with van der Waals surface area (Å²) in [5.74, 6) is 0.956. The standard InChI is InChI=1S/C26H41N3O3/c1-25(2,3)32-24(31)29-12-9-18(10-13-29)17-28(6)23-22-15-19-7-8-20(30)16-21(19)26(23,4)11-14-27(22)5/h7-8,16,18,22-23,30H,9-15,17H2,1-6H3/t22-,23+,26+/m1/s1. The summed E-state index contributed by atoms with van der Waals surface area (Å²) in [7, 11) is 4.54. The van der Waals surface area contributed by atoms with Gasteiger partial charge in [-0.15, -0.1) is 0 Å². The zero-order valence-corrected chi connectivity index (χ0v) is 20.7. The minimum Gasteiger partial charge on any atom is -0.508 e. The number of fused-ring (bicyclic) bond motifs is 4. The molecule has 3 atom stereocenters. The number of carbonyl (C=O) groups excluding carboxylic acids is 1. The highest BCUT2D eigenvalue weighted by atomic mass is 16.6. The van der Waals surface area contributed by atoms with E-state index in [1.165, 1.54) is 11.1 Å². The van der Waals surface area contributed by atoms with Crippen molar-refractivity contribution in [3.63, 3.8) is 0 Å². The molecule has 2 aliphatic heterocycles. The topological polar surface area (TPSA) is 56.2 Å². The van der Waals surface area contributed by atoms with Gasteiger partial charge < -0.3 is 24.5 Å². The van der Waals surface area contributed by atoms with Crippen LogP contribution in [0.15, 0.2) is 18.2 Å². The Balaban J connectivity index is 1.44. The molecule has 1 N–H and O–H groups in total. The van der Waals surface area contributed by atoms with Crippen molar-refractivity contribution in [3.8, 4) is 5.75 Å². The molecule has 2 heterocycles. The number of carbonyl (C=O) groups is 1. The highest BCUT2D eigenvalue weighted by Crippen LogP contribution is 2.47. The summed E-state index contributed by atoms with van der Waals surface area (Å²) in [6.07, 6.45) is 3.99. The summed E-state index contributed by atoms with van der Waals surface area (Å²) in [4.78, 5) is 19.4. The lowest BCUT2D eigenvalue weighted by Crippen LogP contribution is -2.66. The maximum Gasteiger partial charge on any atom is 0.410 e. The van der Waals surface area contributed by atoms with Crippen molar-refractivity contribution in [2.24, 2.45) is 5.92 Å². The first-order valence-electron chi connectivity index (χ1n) is 12.2. The van der Waals surface area contributed by atoms with Crippen LogP contribution in [-0.2, 0) is 16.6 Å². The van der Waals surface area contributed by atoms with E-state index >= 15 is 0 Å². The predicted molar refractivity (Wildman–Crippen MR) is 127 cm³/mol. The van der Waals surface area contributed by atoms with E-state index in [0.717, 1.165) is 51.9 Å². The smallest absolute Gasteiger partial charge is 0.410 e. The third-order valence-electron chi connectivity index (χ3n) is 7.99. The number of likely N-dealkylation sites (N-methyl/N-ethyl adjacent to an activating group) is 2. The number of nitrogens with zero attached hydrogens (tertiary/aromatic N) is 3.